The molecule has 0 aliphatic rings. The number of hydrogen-bond donors (Lipinski definition) is 2. The van der Waals surface area contributed by atoms with E-state index in [1.54, 1.807) is 37.5 Å². The molecule has 2 N–H and O–H groups in total. The van der Waals surface area contributed by atoms with E-state index in [-0.39, 0.29) is 5.69 Å². The number of rotatable bonds is 5. The van der Waals surface area contributed by atoms with Crippen molar-refractivity contribution in [1.82, 2.24) is 10.4 Å². The second-order valence-corrected chi connectivity index (χ2v) is 4.22. The number of nitrogens with one attached hydrogen (secondary N) is 2. The Hall–Kier alpha value is -3.29. The number of benzene rings is 1. The number of carbonyl (C=O) groups excluding carboxylic acids is 1. The second-order valence-electron chi connectivity index (χ2n) is 4.22. The van der Waals surface area contributed by atoms with Crippen LogP contribution in [0, 0.1) is 10.1 Å². The number of hydrogen-bond acceptors (Lipinski definition) is 6. The van der Waals surface area contributed by atoms with Crippen molar-refractivity contribution in [2.45, 2.75) is 0 Å². The summed E-state index contributed by atoms with van der Waals surface area (Å²) < 4.78 is 0. The molecule has 8 heteroatoms. The van der Waals surface area contributed by atoms with E-state index in [0.717, 1.165) is 0 Å². The molecule has 112 valence electrons. The lowest BCUT2D eigenvalue weighted by Gasteiger charge is -2.02. The summed E-state index contributed by atoms with van der Waals surface area (Å²) in [7, 11) is 1.60. The molecule has 1 amide bonds. The molecule has 2 aromatic rings. The Kier molecular flexibility index (Phi) is 4.76. The summed E-state index contributed by atoms with van der Waals surface area (Å²) in [5.41, 5.74) is 3.54. The maximum Gasteiger partial charge on any atom is 0.292 e. The van der Waals surface area contributed by atoms with Gasteiger partial charge >= 0.3 is 0 Å². The average molecular weight is 299 g/mol. The van der Waals surface area contributed by atoms with Crippen molar-refractivity contribution in [3.63, 3.8) is 0 Å². The van der Waals surface area contributed by atoms with Gasteiger partial charge in [0.2, 0.25) is 0 Å². The van der Waals surface area contributed by atoms with Crippen molar-refractivity contribution in [2.75, 3.05) is 12.4 Å². The van der Waals surface area contributed by atoms with E-state index in [9.17, 15) is 14.9 Å². The van der Waals surface area contributed by atoms with Gasteiger partial charge in [-0.2, -0.15) is 5.10 Å². The molecule has 0 atom stereocenters. The van der Waals surface area contributed by atoms with Gasteiger partial charge < -0.3 is 5.32 Å². The summed E-state index contributed by atoms with van der Waals surface area (Å²) in [5.74, 6) is -0.411. The van der Waals surface area contributed by atoms with Gasteiger partial charge in [0.25, 0.3) is 11.6 Å². The Morgan fingerprint density at radius 1 is 1.41 bits per heavy atom. The van der Waals surface area contributed by atoms with Crippen LogP contribution in [0.1, 0.15) is 15.9 Å². The van der Waals surface area contributed by atoms with Crippen LogP contribution < -0.4 is 10.7 Å². The molecule has 1 aromatic carbocycles. The second kappa shape index (κ2) is 6.93. The highest BCUT2D eigenvalue weighted by molar-refractivity contribution is 5.94. The molecular formula is C14H13N5O3. The summed E-state index contributed by atoms with van der Waals surface area (Å²) in [6, 6.07) is 7.83. The van der Waals surface area contributed by atoms with E-state index in [1.165, 1.54) is 18.5 Å². The summed E-state index contributed by atoms with van der Waals surface area (Å²) in [6.45, 7) is 0. The van der Waals surface area contributed by atoms with Crippen LogP contribution in [0.2, 0.25) is 0 Å². The number of anilines is 1. The quantitative estimate of drug-likeness (QED) is 0.497. The molecule has 8 nitrogen and oxygen atoms in total. The minimum atomic E-state index is -0.489. The van der Waals surface area contributed by atoms with Crippen LogP contribution in [0.5, 0.6) is 0 Å². The SMILES string of the molecule is CNc1ccc(/C=N/NC(=O)c2cccnc2)cc1[N+](=O)[O-]. The van der Waals surface area contributed by atoms with Crippen molar-refractivity contribution < 1.29 is 9.72 Å². The molecule has 0 spiro atoms. The fraction of sp³-hybridized carbons (Fsp3) is 0.0714. The fourth-order valence-electron chi connectivity index (χ4n) is 1.72. The Labute approximate surface area is 126 Å². The fourth-order valence-corrected chi connectivity index (χ4v) is 1.72. The molecule has 0 aliphatic carbocycles. The van der Waals surface area contributed by atoms with Crippen LogP contribution in [0.3, 0.4) is 0 Å². The number of nitro benzene ring substituents is 1. The van der Waals surface area contributed by atoms with Crippen LogP contribution in [-0.2, 0) is 0 Å². The molecule has 0 fully saturated rings. The van der Waals surface area contributed by atoms with Crippen LogP contribution >= 0.6 is 0 Å². The normalized spacial score (nSPS) is 10.4. The van der Waals surface area contributed by atoms with Gasteiger partial charge in [-0.15, -0.1) is 0 Å². The van der Waals surface area contributed by atoms with E-state index in [2.05, 4.69) is 20.8 Å². The number of hydrazone groups is 1. The minimum absolute atomic E-state index is 0.0648. The van der Waals surface area contributed by atoms with E-state index < -0.39 is 10.8 Å². The molecular weight excluding hydrogens is 286 g/mol. The van der Waals surface area contributed by atoms with Gasteiger partial charge in [-0.3, -0.25) is 19.9 Å². The van der Waals surface area contributed by atoms with E-state index in [4.69, 9.17) is 0 Å². The average Bonchev–Trinajstić information content (AvgIpc) is 2.55. The van der Waals surface area contributed by atoms with Crippen molar-refractivity contribution in [3.8, 4) is 0 Å². The third kappa shape index (κ3) is 3.63. The van der Waals surface area contributed by atoms with Crippen molar-refractivity contribution in [3.05, 3.63) is 64.0 Å². The molecule has 1 heterocycles. The molecule has 0 unspecified atom stereocenters. The Balaban J connectivity index is 2.09. The lowest BCUT2D eigenvalue weighted by molar-refractivity contribution is -0.383. The maximum atomic E-state index is 11.7. The molecule has 1 aromatic heterocycles. The highest BCUT2D eigenvalue weighted by atomic mass is 16.6. The first-order valence-electron chi connectivity index (χ1n) is 6.31. The third-order valence-corrected chi connectivity index (χ3v) is 2.79. The summed E-state index contributed by atoms with van der Waals surface area (Å²) in [6.07, 6.45) is 4.31. The van der Waals surface area contributed by atoms with Gasteiger partial charge in [0, 0.05) is 31.1 Å². The Morgan fingerprint density at radius 2 is 2.23 bits per heavy atom. The van der Waals surface area contributed by atoms with Crippen molar-refractivity contribution in [2.24, 2.45) is 5.10 Å². The van der Waals surface area contributed by atoms with Gasteiger partial charge in [0.15, 0.2) is 0 Å². The van der Waals surface area contributed by atoms with Crippen LogP contribution in [-0.4, -0.2) is 29.1 Å². The number of amides is 1. The molecule has 0 aliphatic heterocycles. The maximum absolute atomic E-state index is 11.7. The van der Waals surface area contributed by atoms with E-state index in [1.807, 2.05) is 0 Å². The molecule has 0 saturated carbocycles. The first-order valence-corrected chi connectivity index (χ1v) is 6.31. The van der Waals surface area contributed by atoms with E-state index >= 15 is 0 Å². The first kappa shape index (κ1) is 15.1. The zero-order valence-corrected chi connectivity index (χ0v) is 11.7. The van der Waals surface area contributed by atoms with Gasteiger partial charge in [-0.05, 0) is 18.2 Å². The van der Waals surface area contributed by atoms with Gasteiger partial charge in [0.05, 0.1) is 16.7 Å². The predicted molar refractivity (Wildman–Crippen MR) is 81.9 cm³/mol. The highest BCUT2D eigenvalue weighted by Gasteiger charge is 2.12. The predicted octanol–water partition coefficient (Wildman–Crippen LogP) is 1.80. The van der Waals surface area contributed by atoms with Gasteiger partial charge in [-0.25, -0.2) is 5.43 Å². The highest BCUT2D eigenvalue weighted by Crippen LogP contribution is 2.24. The van der Waals surface area contributed by atoms with Crippen LogP contribution in [0.4, 0.5) is 11.4 Å². The summed E-state index contributed by atoms with van der Waals surface area (Å²) >= 11 is 0. The number of aromatic nitrogens is 1. The zero-order valence-electron chi connectivity index (χ0n) is 11.7. The number of nitro groups is 1. The number of pyridine rings is 1. The minimum Gasteiger partial charge on any atom is -0.383 e. The number of nitrogens with zero attached hydrogens (tertiary/aromatic N) is 3. The smallest absolute Gasteiger partial charge is 0.292 e. The van der Waals surface area contributed by atoms with Crippen molar-refractivity contribution >= 4 is 23.5 Å². The van der Waals surface area contributed by atoms with Gasteiger partial charge in [-0.1, -0.05) is 6.07 Å². The van der Waals surface area contributed by atoms with E-state index in [0.29, 0.717) is 16.8 Å². The van der Waals surface area contributed by atoms with Crippen LogP contribution in [0.15, 0.2) is 47.8 Å². The lowest BCUT2D eigenvalue weighted by atomic mass is 10.2. The standard InChI is InChI=1S/C14H13N5O3/c1-15-12-5-4-10(7-13(12)19(21)22)8-17-18-14(20)11-3-2-6-16-9-11/h2-9,15H,1H3,(H,18,20)/b17-8+. The van der Waals surface area contributed by atoms with Gasteiger partial charge in [0.1, 0.15) is 5.69 Å². The zero-order chi connectivity index (χ0) is 15.9. The largest absolute Gasteiger partial charge is 0.383 e. The molecule has 0 bridgehead atoms. The summed E-state index contributed by atoms with van der Waals surface area (Å²) in [4.78, 5) is 26.0. The Bertz CT molecular complexity index is 716. The first-order chi connectivity index (χ1) is 10.6. The monoisotopic (exact) mass is 299 g/mol. The topological polar surface area (TPSA) is 110 Å². The molecule has 22 heavy (non-hydrogen) atoms. The Morgan fingerprint density at radius 3 is 2.86 bits per heavy atom. The molecule has 0 radical (unpaired) electrons. The van der Waals surface area contributed by atoms with Crippen molar-refractivity contribution in [1.29, 1.82) is 0 Å². The lowest BCUT2D eigenvalue weighted by Crippen LogP contribution is -2.17. The van der Waals surface area contributed by atoms with Crippen LogP contribution in [0.25, 0.3) is 0 Å². The third-order valence-electron chi connectivity index (χ3n) is 2.79. The molecule has 2 rings (SSSR count). The summed E-state index contributed by atoms with van der Waals surface area (Å²) in [5, 5.41) is 17.5. The number of carbonyl (C=O) groups is 1. The molecule has 0 saturated heterocycles.